The summed E-state index contributed by atoms with van der Waals surface area (Å²) in [7, 11) is 0. The number of nitrogen functional groups attached to an aromatic ring is 1. The second-order valence-electron chi connectivity index (χ2n) is 4.86. The molecule has 0 saturated carbocycles. The number of aromatic nitrogens is 3. The lowest BCUT2D eigenvalue weighted by Gasteiger charge is -2.11. The zero-order valence-electron chi connectivity index (χ0n) is 10.5. The molecule has 4 nitrogen and oxygen atoms in total. The summed E-state index contributed by atoms with van der Waals surface area (Å²) in [5.74, 6) is 0.730. The molecule has 96 valence electrons. The van der Waals surface area contributed by atoms with Crippen molar-refractivity contribution in [3.63, 3.8) is 0 Å². The Morgan fingerprint density at radius 1 is 1.21 bits per heavy atom. The first-order valence-corrected chi connectivity index (χ1v) is 7.36. The SMILES string of the molecule is Nc1c(-c2ccccn2)nc2sc3c(n12)CCCC3. The van der Waals surface area contributed by atoms with E-state index in [1.54, 1.807) is 17.5 Å². The summed E-state index contributed by atoms with van der Waals surface area (Å²) in [6, 6.07) is 5.82. The van der Waals surface area contributed by atoms with Crippen LogP contribution in [0.15, 0.2) is 24.4 Å². The van der Waals surface area contributed by atoms with Gasteiger partial charge in [-0.1, -0.05) is 6.07 Å². The van der Waals surface area contributed by atoms with Crippen LogP contribution in [0.25, 0.3) is 16.3 Å². The molecule has 2 N–H and O–H groups in total. The van der Waals surface area contributed by atoms with Gasteiger partial charge in [-0.15, -0.1) is 11.3 Å². The smallest absolute Gasteiger partial charge is 0.196 e. The van der Waals surface area contributed by atoms with Gasteiger partial charge in [0.05, 0.1) is 5.69 Å². The number of nitrogens with zero attached hydrogens (tertiary/aromatic N) is 3. The molecule has 0 saturated heterocycles. The number of fused-ring (bicyclic) bond motifs is 3. The Morgan fingerprint density at radius 2 is 2.11 bits per heavy atom. The lowest BCUT2D eigenvalue weighted by Crippen LogP contribution is -2.05. The molecule has 5 heteroatoms. The van der Waals surface area contributed by atoms with E-state index in [2.05, 4.69) is 14.4 Å². The summed E-state index contributed by atoms with van der Waals surface area (Å²) in [5, 5.41) is 0. The first-order valence-electron chi connectivity index (χ1n) is 6.54. The Labute approximate surface area is 114 Å². The van der Waals surface area contributed by atoms with Gasteiger partial charge < -0.3 is 5.73 Å². The Kier molecular flexibility index (Phi) is 2.35. The maximum absolute atomic E-state index is 6.31. The van der Waals surface area contributed by atoms with E-state index < -0.39 is 0 Å². The number of hydrogen-bond donors (Lipinski definition) is 1. The Hall–Kier alpha value is -1.88. The topological polar surface area (TPSA) is 56.2 Å². The summed E-state index contributed by atoms with van der Waals surface area (Å²) in [6.07, 6.45) is 6.58. The van der Waals surface area contributed by atoms with Gasteiger partial charge in [-0.2, -0.15) is 0 Å². The Morgan fingerprint density at radius 3 is 2.95 bits per heavy atom. The zero-order valence-corrected chi connectivity index (χ0v) is 11.3. The molecular weight excluding hydrogens is 256 g/mol. The monoisotopic (exact) mass is 270 g/mol. The van der Waals surface area contributed by atoms with E-state index in [0.717, 1.165) is 28.6 Å². The molecule has 4 rings (SSSR count). The fourth-order valence-corrected chi connectivity index (χ4v) is 3.97. The molecule has 1 aliphatic rings. The number of aryl methyl sites for hydroxylation is 2. The highest BCUT2D eigenvalue weighted by Gasteiger charge is 2.21. The molecule has 0 amide bonds. The maximum Gasteiger partial charge on any atom is 0.196 e. The van der Waals surface area contributed by atoms with Crippen LogP contribution in [-0.2, 0) is 12.8 Å². The summed E-state index contributed by atoms with van der Waals surface area (Å²) in [6.45, 7) is 0. The molecule has 0 spiro atoms. The van der Waals surface area contributed by atoms with Crippen LogP contribution in [-0.4, -0.2) is 14.4 Å². The van der Waals surface area contributed by atoms with Crippen molar-refractivity contribution in [2.75, 3.05) is 5.73 Å². The highest BCUT2D eigenvalue weighted by atomic mass is 32.1. The minimum Gasteiger partial charge on any atom is -0.383 e. The van der Waals surface area contributed by atoms with E-state index in [-0.39, 0.29) is 0 Å². The first kappa shape index (κ1) is 11.0. The summed E-state index contributed by atoms with van der Waals surface area (Å²) in [4.78, 5) is 11.5. The zero-order chi connectivity index (χ0) is 12.8. The number of hydrogen-bond acceptors (Lipinski definition) is 4. The third-order valence-corrected chi connectivity index (χ3v) is 4.81. The first-order chi connectivity index (χ1) is 9.34. The van der Waals surface area contributed by atoms with E-state index in [1.165, 1.54) is 29.8 Å². The van der Waals surface area contributed by atoms with Crippen molar-refractivity contribution in [1.29, 1.82) is 0 Å². The molecule has 3 heterocycles. The minimum atomic E-state index is 0.730. The van der Waals surface area contributed by atoms with Crippen LogP contribution >= 0.6 is 11.3 Å². The molecule has 3 aromatic rings. The molecule has 0 fully saturated rings. The van der Waals surface area contributed by atoms with Crippen molar-refractivity contribution in [3.05, 3.63) is 35.0 Å². The third-order valence-electron chi connectivity index (χ3n) is 3.66. The van der Waals surface area contributed by atoms with Gasteiger partial charge in [0.15, 0.2) is 4.96 Å². The quantitative estimate of drug-likeness (QED) is 0.739. The van der Waals surface area contributed by atoms with E-state index >= 15 is 0 Å². The Balaban J connectivity index is 1.96. The molecule has 0 aromatic carbocycles. The molecule has 0 bridgehead atoms. The molecule has 3 aromatic heterocycles. The molecule has 0 radical (unpaired) electrons. The Bertz CT molecular complexity index is 742. The van der Waals surface area contributed by atoms with Crippen LogP contribution in [0.2, 0.25) is 0 Å². The van der Waals surface area contributed by atoms with Crippen molar-refractivity contribution in [1.82, 2.24) is 14.4 Å². The van der Waals surface area contributed by atoms with E-state index in [4.69, 9.17) is 5.73 Å². The van der Waals surface area contributed by atoms with Gasteiger partial charge >= 0.3 is 0 Å². The fraction of sp³-hybridized carbons (Fsp3) is 0.286. The van der Waals surface area contributed by atoms with Gasteiger partial charge in [-0.25, -0.2) is 4.98 Å². The molecule has 0 atom stereocenters. The van der Waals surface area contributed by atoms with Gasteiger partial charge in [0.1, 0.15) is 11.5 Å². The summed E-state index contributed by atoms with van der Waals surface area (Å²) in [5.41, 5.74) is 9.32. The van der Waals surface area contributed by atoms with Crippen LogP contribution in [0, 0.1) is 0 Å². The van der Waals surface area contributed by atoms with Crippen LogP contribution in [0.4, 0.5) is 5.82 Å². The maximum atomic E-state index is 6.31. The van der Waals surface area contributed by atoms with Gasteiger partial charge in [0.25, 0.3) is 0 Å². The van der Waals surface area contributed by atoms with Gasteiger partial charge in [0.2, 0.25) is 0 Å². The van der Waals surface area contributed by atoms with E-state index in [9.17, 15) is 0 Å². The standard InChI is InChI=1S/C14H14N4S/c15-13-12(9-5-3-4-8-16-9)17-14-18(13)10-6-1-2-7-11(10)19-14/h3-5,8H,1-2,6-7,15H2. The molecule has 19 heavy (non-hydrogen) atoms. The van der Waals surface area contributed by atoms with Crippen molar-refractivity contribution < 1.29 is 0 Å². The van der Waals surface area contributed by atoms with Gasteiger partial charge in [-0.05, 0) is 37.8 Å². The van der Waals surface area contributed by atoms with Crippen LogP contribution in [0.3, 0.4) is 0 Å². The molecule has 0 aliphatic heterocycles. The normalized spacial score (nSPS) is 14.7. The van der Waals surface area contributed by atoms with Crippen molar-refractivity contribution in [3.8, 4) is 11.4 Å². The van der Waals surface area contributed by atoms with Crippen LogP contribution < -0.4 is 5.73 Å². The van der Waals surface area contributed by atoms with Crippen LogP contribution in [0.5, 0.6) is 0 Å². The average Bonchev–Trinajstić information content (AvgIpc) is 2.97. The second kappa shape index (κ2) is 4.06. The number of rotatable bonds is 1. The third kappa shape index (κ3) is 1.58. The summed E-state index contributed by atoms with van der Waals surface area (Å²) < 4.78 is 2.13. The van der Waals surface area contributed by atoms with Gasteiger partial charge in [0, 0.05) is 16.8 Å². The average molecular weight is 270 g/mol. The number of thiazole rings is 1. The lowest BCUT2D eigenvalue weighted by atomic mass is 10.0. The van der Waals surface area contributed by atoms with Crippen molar-refractivity contribution in [2.24, 2.45) is 0 Å². The van der Waals surface area contributed by atoms with E-state index in [0.29, 0.717) is 0 Å². The predicted molar refractivity (Wildman–Crippen MR) is 77.4 cm³/mol. The fourth-order valence-electron chi connectivity index (χ4n) is 2.75. The summed E-state index contributed by atoms with van der Waals surface area (Å²) >= 11 is 1.77. The number of nitrogens with two attached hydrogens (primary N) is 1. The second-order valence-corrected chi connectivity index (χ2v) is 5.92. The van der Waals surface area contributed by atoms with E-state index in [1.807, 2.05) is 18.2 Å². The van der Waals surface area contributed by atoms with Gasteiger partial charge in [-0.3, -0.25) is 9.38 Å². The predicted octanol–water partition coefficient (Wildman–Crippen LogP) is 2.92. The molecular formula is C14H14N4S. The highest BCUT2D eigenvalue weighted by Crippen LogP contribution is 2.35. The van der Waals surface area contributed by atoms with Crippen molar-refractivity contribution >= 4 is 22.1 Å². The highest BCUT2D eigenvalue weighted by molar-refractivity contribution is 7.17. The largest absolute Gasteiger partial charge is 0.383 e. The number of anilines is 1. The molecule has 1 aliphatic carbocycles. The van der Waals surface area contributed by atoms with Crippen molar-refractivity contribution in [2.45, 2.75) is 25.7 Å². The lowest BCUT2D eigenvalue weighted by molar-refractivity contribution is 0.675. The molecule has 0 unspecified atom stereocenters. The number of imidazole rings is 1. The minimum absolute atomic E-state index is 0.730. The number of pyridine rings is 1. The van der Waals surface area contributed by atoms with Crippen LogP contribution in [0.1, 0.15) is 23.4 Å².